The van der Waals surface area contributed by atoms with Crippen LogP contribution in [0.4, 0.5) is 5.82 Å². The summed E-state index contributed by atoms with van der Waals surface area (Å²) in [6, 6.07) is 8.14. The van der Waals surface area contributed by atoms with Gasteiger partial charge in [0.15, 0.2) is 0 Å². The highest BCUT2D eigenvalue weighted by Crippen LogP contribution is 2.27. The van der Waals surface area contributed by atoms with E-state index in [1.54, 1.807) is 0 Å². The average Bonchev–Trinajstić information content (AvgIpc) is 2.36. The summed E-state index contributed by atoms with van der Waals surface area (Å²) in [7, 11) is 0. The molecule has 2 rings (SSSR count). The fraction of sp³-hybridized carbons (Fsp3) is 0.286. The van der Waals surface area contributed by atoms with E-state index in [0.29, 0.717) is 18.2 Å². The largest absolute Gasteiger partial charge is 0.383 e. The van der Waals surface area contributed by atoms with E-state index in [1.807, 2.05) is 12.1 Å². The van der Waals surface area contributed by atoms with Crippen LogP contribution in [0.15, 0.2) is 33.2 Å². The quantitative estimate of drug-likeness (QED) is 0.858. The van der Waals surface area contributed by atoms with Crippen LogP contribution in [0, 0.1) is 0 Å². The van der Waals surface area contributed by atoms with E-state index in [0.717, 1.165) is 20.5 Å². The molecule has 0 aliphatic heterocycles. The highest BCUT2D eigenvalue weighted by Gasteiger charge is 2.13. The fourth-order valence-electron chi connectivity index (χ4n) is 1.78. The third-order valence-electron chi connectivity index (χ3n) is 2.77. The van der Waals surface area contributed by atoms with Crippen LogP contribution in [0.25, 0.3) is 0 Å². The predicted octanol–water partition coefficient (Wildman–Crippen LogP) is 4.30. The smallest absolute Gasteiger partial charge is 0.141 e. The minimum absolute atomic E-state index is 0.309. The van der Waals surface area contributed by atoms with Gasteiger partial charge in [-0.3, -0.25) is 0 Å². The molecule has 19 heavy (non-hydrogen) atoms. The Balaban J connectivity index is 2.33. The van der Waals surface area contributed by atoms with E-state index in [9.17, 15) is 0 Å². The van der Waals surface area contributed by atoms with Crippen LogP contribution < -0.4 is 5.73 Å². The number of halogens is 2. The van der Waals surface area contributed by atoms with Gasteiger partial charge in [-0.05, 0) is 39.5 Å². The number of benzene rings is 1. The number of aromatic nitrogens is 2. The van der Waals surface area contributed by atoms with Crippen molar-refractivity contribution in [3.8, 4) is 0 Å². The molecule has 2 N–H and O–H groups in total. The zero-order chi connectivity index (χ0) is 14.0. The Hall–Kier alpha value is -0.940. The van der Waals surface area contributed by atoms with E-state index in [4.69, 9.17) is 5.73 Å². The fourth-order valence-corrected chi connectivity index (χ4v) is 2.68. The first-order valence-electron chi connectivity index (χ1n) is 6.03. The second-order valence-electron chi connectivity index (χ2n) is 4.68. The Morgan fingerprint density at radius 1 is 1.11 bits per heavy atom. The van der Waals surface area contributed by atoms with Gasteiger partial charge < -0.3 is 5.73 Å². The monoisotopic (exact) mass is 383 g/mol. The lowest BCUT2D eigenvalue weighted by Gasteiger charge is -2.11. The molecular weight excluding hydrogens is 370 g/mol. The van der Waals surface area contributed by atoms with Crippen LogP contribution in [0.2, 0.25) is 0 Å². The zero-order valence-corrected chi connectivity index (χ0v) is 14.0. The van der Waals surface area contributed by atoms with Gasteiger partial charge in [0.05, 0.1) is 10.2 Å². The van der Waals surface area contributed by atoms with Crippen molar-refractivity contribution in [2.75, 3.05) is 5.73 Å². The van der Waals surface area contributed by atoms with Gasteiger partial charge in [0, 0.05) is 10.9 Å². The molecule has 2 aromatic rings. The van der Waals surface area contributed by atoms with Gasteiger partial charge in [-0.25, -0.2) is 9.97 Å². The average molecular weight is 385 g/mol. The van der Waals surface area contributed by atoms with Crippen LogP contribution in [0.1, 0.15) is 36.8 Å². The number of rotatable bonds is 3. The summed E-state index contributed by atoms with van der Waals surface area (Å²) in [5, 5.41) is 0. The maximum absolute atomic E-state index is 5.93. The molecule has 0 fully saturated rings. The number of hydrogen-bond donors (Lipinski definition) is 1. The van der Waals surface area contributed by atoms with Gasteiger partial charge in [0.2, 0.25) is 0 Å². The number of hydrogen-bond acceptors (Lipinski definition) is 3. The molecule has 0 aliphatic rings. The highest BCUT2D eigenvalue weighted by atomic mass is 79.9. The van der Waals surface area contributed by atoms with E-state index in [1.165, 1.54) is 5.56 Å². The Morgan fingerprint density at radius 2 is 1.74 bits per heavy atom. The third kappa shape index (κ3) is 3.54. The van der Waals surface area contributed by atoms with Gasteiger partial charge in [-0.1, -0.05) is 41.9 Å². The van der Waals surface area contributed by atoms with Crippen LogP contribution >= 0.6 is 31.9 Å². The first kappa shape index (κ1) is 14.5. The minimum atomic E-state index is 0.309. The molecule has 0 saturated carbocycles. The van der Waals surface area contributed by atoms with E-state index in [2.05, 4.69) is 67.8 Å². The number of nitrogens with zero attached hydrogens (tertiary/aromatic N) is 2. The van der Waals surface area contributed by atoms with Gasteiger partial charge in [0.1, 0.15) is 11.6 Å². The number of anilines is 1. The van der Waals surface area contributed by atoms with Crippen molar-refractivity contribution < 1.29 is 0 Å². The van der Waals surface area contributed by atoms with Crippen molar-refractivity contribution in [2.45, 2.75) is 26.2 Å². The summed E-state index contributed by atoms with van der Waals surface area (Å²) in [5.41, 5.74) is 8.06. The predicted molar refractivity (Wildman–Crippen MR) is 85.2 cm³/mol. The SMILES string of the molecule is CC(C)c1nc(Cc2ccc(Br)cc2)nc(N)c1Br. The molecule has 1 aromatic carbocycles. The summed E-state index contributed by atoms with van der Waals surface area (Å²) >= 11 is 6.88. The van der Waals surface area contributed by atoms with Crippen molar-refractivity contribution in [3.05, 3.63) is 50.3 Å². The van der Waals surface area contributed by atoms with E-state index in [-0.39, 0.29) is 0 Å². The van der Waals surface area contributed by atoms with Gasteiger partial charge in [-0.2, -0.15) is 0 Å². The van der Waals surface area contributed by atoms with Crippen molar-refractivity contribution in [1.82, 2.24) is 9.97 Å². The van der Waals surface area contributed by atoms with Gasteiger partial charge in [0.25, 0.3) is 0 Å². The zero-order valence-electron chi connectivity index (χ0n) is 10.8. The lowest BCUT2D eigenvalue weighted by molar-refractivity contribution is 0.786. The van der Waals surface area contributed by atoms with Crippen molar-refractivity contribution in [1.29, 1.82) is 0 Å². The lowest BCUT2D eigenvalue weighted by atomic mass is 10.1. The molecule has 5 heteroatoms. The van der Waals surface area contributed by atoms with Crippen LogP contribution in [0.3, 0.4) is 0 Å². The molecule has 0 unspecified atom stereocenters. The Morgan fingerprint density at radius 3 is 2.32 bits per heavy atom. The van der Waals surface area contributed by atoms with Crippen molar-refractivity contribution in [3.63, 3.8) is 0 Å². The van der Waals surface area contributed by atoms with E-state index < -0.39 is 0 Å². The molecule has 0 radical (unpaired) electrons. The molecule has 0 spiro atoms. The second kappa shape index (κ2) is 6.01. The first-order valence-corrected chi connectivity index (χ1v) is 7.62. The third-order valence-corrected chi connectivity index (χ3v) is 4.11. The molecule has 0 amide bonds. The Kier molecular flexibility index (Phi) is 4.58. The van der Waals surface area contributed by atoms with Crippen LogP contribution in [-0.4, -0.2) is 9.97 Å². The summed E-state index contributed by atoms with van der Waals surface area (Å²) < 4.78 is 1.87. The molecule has 0 bridgehead atoms. The maximum Gasteiger partial charge on any atom is 0.141 e. The van der Waals surface area contributed by atoms with Crippen molar-refractivity contribution >= 4 is 37.7 Å². The molecular formula is C14H15Br2N3. The molecule has 0 atom stereocenters. The topological polar surface area (TPSA) is 51.8 Å². The Bertz CT molecular complexity index is 580. The van der Waals surface area contributed by atoms with Crippen LogP contribution in [-0.2, 0) is 6.42 Å². The van der Waals surface area contributed by atoms with Gasteiger partial charge in [-0.15, -0.1) is 0 Å². The molecule has 1 aromatic heterocycles. The first-order chi connectivity index (χ1) is 8.97. The molecule has 1 heterocycles. The molecule has 0 aliphatic carbocycles. The highest BCUT2D eigenvalue weighted by molar-refractivity contribution is 9.10. The van der Waals surface area contributed by atoms with Gasteiger partial charge >= 0.3 is 0 Å². The summed E-state index contributed by atoms with van der Waals surface area (Å²) in [5.74, 6) is 1.57. The van der Waals surface area contributed by atoms with E-state index >= 15 is 0 Å². The molecule has 100 valence electrons. The molecule has 3 nitrogen and oxygen atoms in total. The second-order valence-corrected chi connectivity index (χ2v) is 6.39. The minimum Gasteiger partial charge on any atom is -0.383 e. The number of nitrogens with two attached hydrogens (primary N) is 1. The normalized spacial score (nSPS) is 11.0. The molecule has 0 saturated heterocycles. The maximum atomic E-state index is 5.93. The summed E-state index contributed by atoms with van der Waals surface area (Å²) in [6.07, 6.45) is 0.685. The van der Waals surface area contributed by atoms with Crippen molar-refractivity contribution in [2.24, 2.45) is 0 Å². The lowest BCUT2D eigenvalue weighted by Crippen LogP contribution is -2.07. The van der Waals surface area contributed by atoms with Crippen LogP contribution in [0.5, 0.6) is 0 Å². The summed E-state index contributed by atoms with van der Waals surface area (Å²) in [6.45, 7) is 4.19. The standard InChI is InChI=1S/C14H15Br2N3/c1-8(2)13-12(16)14(17)19-11(18-13)7-9-3-5-10(15)6-4-9/h3-6,8H,7H2,1-2H3,(H2,17,18,19). The Labute approximate surface area is 129 Å². The number of nitrogen functional groups attached to an aromatic ring is 1. The summed E-state index contributed by atoms with van der Waals surface area (Å²) in [4.78, 5) is 8.94.